The van der Waals surface area contributed by atoms with Gasteiger partial charge in [0.2, 0.25) is 9.84 Å². The lowest BCUT2D eigenvalue weighted by Gasteiger charge is -2.26. The van der Waals surface area contributed by atoms with E-state index in [9.17, 15) is 26.7 Å². The van der Waals surface area contributed by atoms with Gasteiger partial charge in [-0.15, -0.1) is 0 Å². The van der Waals surface area contributed by atoms with E-state index in [4.69, 9.17) is 11.6 Å². The van der Waals surface area contributed by atoms with Crippen molar-refractivity contribution in [2.24, 2.45) is 0 Å². The molecule has 0 radical (unpaired) electrons. The maximum atomic E-state index is 12.9. The van der Waals surface area contributed by atoms with Crippen LogP contribution >= 0.6 is 22.9 Å². The number of rotatable bonds is 4. The second kappa shape index (κ2) is 6.91. The van der Waals surface area contributed by atoms with Gasteiger partial charge in [0.1, 0.15) is 4.34 Å². The van der Waals surface area contributed by atoms with E-state index in [1.807, 2.05) is 4.90 Å². The van der Waals surface area contributed by atoms with Crippen molar-refractivity contribution in [2.75, 3.05) is 18.0 Å². The maximum Gasteiger partial charge on any atom is 0.421 e. The molecule has 1 aromatic carbocycles. The first-order chi connectivity index (χ1) is 12.4. The van der Waals surface area contributed by atoms with Crippen molar-refractivity contribution in [2.45, 2.75) is 41.5 Å². The highest BCUT2D eigenvalue weighted by atomic mass is 35.5. The molecule has 1 unspecified atom stereocenters. The van der Waals surface area contributed by atoms with E-state index in [1.54, 1.807) is 0 Å². The van der Waals surface area contributed by atoms with Crippen molar-refractivity contribution in [3.63, 3.8) is 0 Å². The van der Waals surface area contributed by atoms with Crippen LogP contribution in [0.1, 0.15) is 25.3 Å². The summed E-state index contributed by atoms with van der Waals surface area (Å²) in [5.41, 5.74) is -3.55. The molecule has 2 heterocycles. The zero-order valence-electron chi connectivity index (χ0n) is 14.1. The Bertz CT molecular complexity index is 935. The first-order valence-corrected chi connectivity index (χ1v) is 10.7. The lowest BCUT2D eigenvalue weighted by atomic mass is 9.96. The van der Waals surface area contributed by atoms with Crippen molar-refractivity contribution in [3.05, 3.63) is 34.2 Å². The number of aromatic nitrogens is 1. The molecular weight excluding hydrogens is 425 g/mol. The fourth-order valence-electron chi connectivity index (χ4n) is 2.72. The molecule has 11 heteroatoms. The number of nitrogens with zero attached hydrogens (tertiary/aromatic N) is 2. The third kappa shape index (κ3) is 3.67. The van der Waals surface area contributed by atoms with Gasteiger partial charge in [-0.05, 0) is 37.5 Å². The number of hydrogen-bond donors (Lipinski definition) is 1. The summed E-state index contributed by atoms with van der Waals surface area (Å²) in [6.45, 7) is 2.14. The van der Waals surface area contributed by atoms with Crippen LogP contribution in [-0.4, -0.2) is 37.8 Å². The van der Waals surface area contributed by atoms with Crippen LogP contribution in [0.5, 0.6) is 0 Å². The normalized spacial score (nSPS) is 17.9. The first kappa shape index (κ1) is 20.4. The molecule has 0 aliphatic carbocycles. The van der Waals surface area contributed by atoms with E-state index in [0.717, 1.165) is 61.5 Å². The standard InChI is InChI=1S/C16H16ClF3N2O3S2/c1-15(23,16(18,19)20)10-4-6-11(7-5-10)27(24,25)13-12(17)26-14(21-13)22-8-2-3-9-22/h4-7,23H,2-3,8-9H2,1H3. The van der Waals surface area contributed by atoms with Gasteiger partial charge in [-0.25, -0.2) is 13.4 Å². The Hall–Kier alpha value is -1.36. The molecule has 1 fully saturated rings. The van der Waals surface area contributed by atoms with Gasteiger partial charge < -0.3 is 10.0 Å². The molecule has 1 N–H and O–H groups in total. The molecule has 1 aliphatic heterocycles. The summed E-state index contributed by atoms with van der Waals surface area (Å²) in [4.78, 5) is 5.84. The minimum atomic E-state index is -4.89. The number of alkyl halides is 3. The summed E-state index contributed by atoms with van der Waals surface area (Å²) in [5, 5.41) is 9.88. The van der Waals surface area contributed by atoms with Gasteiger partial charge in [-0.2, -0.15) is 13.2 Å². The van der Waals surface area contributed by atoms with Gasteiger partial charge in [0.15, 0.2) is 15.8 Å². The highest BCUT2D eigenvalue weighted by Crippen LogP contribution is 2.40. The van der Waals surface area contributed by atoms with Gasteiger partial charge >= 0.3 is 6.18 Å². The van der Waals surface area contributed by atoms with Crippen molar-refractivity contribution in [1.29, 1.82) is 0 Å². The van der Waals surface area contributed by atoms with Gasteiger partial charge in [-0.3, -0.25) is 0 Å². The Morgan fingerprint density at radius 2 is 1.74 bits per heavy atom. The molecule has 1 saturated heterocycles. The van der Waals surface area contributed by atoms with E-state index < -0.39 is 27.2 Å². The van der Waals surface area contributed by atoms with Crippen LogP contribution in [-0.2, 0) is 15.4 Å². The Morgan fingerprint density at radius 1 is 1.19 bits per heavy atom. The van der Waals surface area contributed by atoms with E-state index in [-0.39, 0.29) is 14.3 Å². The van der Waals surface area contributed by atoms with Crippen LogP contribution in [0.3, 0.4) is 0 Å². The molecule has 1 aliphatic rings. The minimum absolute atomic E-state index is 0.00302. The summed E-state index contributed by atoms with van der Waals surface area (Å²) in [6.07, 6.45) is -2.92. The van der Waals surface area contributed by atoms with Crippen LogP contribution in [0.4, 0.5) is 18.3 Å². The number of halogens is 4. The Labute approximate surface area is 163 Å². The minimum Gasteiger partial charge on any atom is -0.376 e. The Morgan fingerprint density at radius 3 is 2.26 bits per heavy atom. The monoisotopic (exact) mass is 440 g/mol. The predicted octanol–water partition coefficient (Wildman–Crippen LogP) is 4.00. The van der Waals surface area contributed by atoms with E-state index in [1.165, 1.54) is 0 Å². The molecule has 2 aromatic rings. The average molecular weight is 441 g/mol. The van der Waals surface area contributed by atoms with Gasteiger partial charge in [-0.1, -0.05) is 35.1 Å². The molecule has 0 amide bonds. The van der Waals surface area contributed by atoms with Crippen LogP contribution in [0.25, 0.3) is 0 Å². The number of anilines is 1. The van der Waals surface area contributed by atoms with Crippen LogP contribution in [0, 0.1) is 0 Å². The molecule has 27 heavy (non-hydrogen) atoms. The second-order valence-corrected chi connectivity index (χ2v) is 9.81. The molecule has 3 rings (SSSR count). The smallest absolute Gasteiger partial charge is 0.376 e. The largest absolute Gasteiger partial charge is 0.421 e. The molecular formula is C16H16ClF3N2O3S2. The molecule has 1 atom stereocenters. The van der Waals surface area contributed by atoms with Crippen LogP contribution in [0.15, 0.2) is 34.2 Å². The number of sulfone groups is 1. The SMILES string of the molecule is CC(O)(c1ccc(S(=O)(=O)c2nc(N3CCCC3)sc2Cl)cc1)C(F)(F)F. The average Bonchev–Trinajstić information content (AvgIpc) is 3.23. The second-order valence-electron chi connectivity index (χ2n) is 6.37. The number of benzene rings is 1. The van der Waals surface area contributed by atoms with Crippen molar-refractivity contribution < 1.29 is 26.7 Å². The lowest BCUT2D eigenvalue weighted by Crippen LogP contribution is -2.39. The van der Waals surface area contributed by atoms with E-state index >= 15 is 0 Å². The van der Waals surface area contributed by atoms with Crippen molar-refractivity contribution in [1.82, 2.24) is 4.98 Å². The van der Waals surface area contributed by atoms with Gasteiger partial charge in [0, 0.05) is 13.1 Å². The topological polar surface area (TPSA) is 70.5 Å². The lowest BCUT2D eigenvalue weighted by molar-refractivity contribution is -0.258. The zero-order chi connectivity index (χ0) is 20.0. The molecule has 5 nitrogen and oxygen atoms in total. The molecule has 0 spiro atoms. The molecule has 148 valence electrons. The molecule has 1 aromatic heterocycles. The Kier molecular flexibility index (Phi) is 5.21. The molecule has 0 saturated carbocycles. The van der Waals surface area contributed by atoms with E-state index in [0.29, 0.717) is 12.1 Å². The zero-order valence-corrected chi connectivity index (χ0v) is 16.5. The van der Waals surface area contributed by atoms with Gasteiger partial charge in [0.25, 0.3) is 0 Å². The molecule has 0 bridgehead atoms. The summed E-state index contributed by atoms with van der Waals surface area (Å²) in [7, 11) is -4.10. The predicted molar refractivity (Wildman–Crippen MR) is 96.1 cm³/mol. The summed E-state index contributed by atoms with van der Waals surface area (Å²) < 4.78 is 64.4. The van der Waals surface area contributed by atoms with Crippen LogP contribution < -0.4 is 4.90 Å². The highest BCUT2D eigenvalue weighted by molar-refractivity contribution is 7.91. The fourth-order valence-corrected chi connectivity index (χ4v) is 5.66. The number of hydrogen-bond acceptors (Lipinski definition) is 6. The summed E-state index contributed by atoms with van der Waals surface area (Å²) in [5.74, 6) is 0. The number of aliphatic hydroxyl groups is 1. The van der Waals surface area contributed by atoms with Crippen molar-refractivity contribution in [3.8, 4) is 0 Å². The quantitative estimate of drug-likeness (QED) is 0.778. The van der Waals surface area contributed by atoms with Crippen molar-refractivity contribution >= 4 is 37.9 Å². The fraction of sp³-hybridized carbons (Fsp3) is 0.438. The van der Waals surface area contributed by atoms with Crippen LogP contribution in [0.2, 0.25) is 4.34 Å². The first-order valence-electron chi connectivity index (χ1n) is 8.00. The third-order valence-electron chi connectivity index (χ3n) is 4.46. The highest BCUT2D eigenvalue weighted by Gasteiger charge is 2.51. The maximum absolute atomic E-state index is 12.9. The Balaban J connectivity index is 1.94. The summed E-state index contributed by atoms with van der Waals surface area (Å²) >= 11 is 7.14. The van der Waals surface area contributed by atoms with E-state index in [2.05, 4.69) is 4.98 Å². The summed E-state index contributed by atoms with van der Waals surface area (Å²) in [6, 6.07) is 3.89. The third-order valence-corrected chi connectivity index (χ3v) is 7.71. The number of thiazole rings is 1. The van der Waals surface area contributed by atoms with Gasteiger partial charge in [0.05, 0.1) is 4.90 Å².